The third-order valence-corrected chi connectivity index (χ3v) is 7.87. The van der Waals surface area contributed by atoms with Crippen LogP contribution in [0.2, 0.25) is 0 Å². The molecule has 5 rings (SSSR count). The van der Waals surface area contributed by atoms with Gasteiger partial charge in [-0.15, -0.1) is 0 Å². The van der Waals surface area contributed by atoms with E-state index in [0.717, 1.165) is 31.5 Å². The lowest BCUT2D eigenvalue weighted by atomic mass is 10.1. The summed E-state index contributed by atoms with van der Waals surface area (Å²) in [4.78, 5) is 16.9. The molecular formula is C30H38F4N4O2. The van der Waals surface area contributed by atoms with Gasteiger partial charge in [-0.3, -0.25) is 4.90 Å². The van der Waals surface area contributed by atoms with Gasteiger partial charge in [-0.25, -0.2) is 9.18 Å². The zero-order valence-corrected chi connectivity index (χ0v) is 23.2. The van der Waals surface area contributed by atoms with E-state index < -0.39 is 23.6 Å². The van der Waals surface area contributed by atoms with E-state index in [1.54, 1.807) is 17.0 Å². The third kappa shape index (κ3) is 7.95. The molecule has 0 radical (unpaired) electrons. The van der Waals surface area contributed by atoms with Gasteiger partial charge in [0.25, 0.3) is 0 Å². The number of anilines is 1. The maximum Gasteiger partial charge on any atom is 0.419 e. The SMILES string of the molecule is CC.CC1C2CCC(N(CCN3CCC(O)C3)C(=O)Nc3ccc(F)c(C(F)(F)F)c3)C12.N#Cc1ccccc1. The van der Waals surface area contributed by atoms with E-state index in [4.69, 9.17) is 5.26 Å². The second-order valence-electron chi connectivity index (χ2n) is 10.3. The Labute approximate surface area is 233 Å². The number of carbonyl (C=O) groups is 1. The number of nitrogens with zero attached hydrogens (tertiary/aromatic N) is 3. The molecular weight excluding hydrogens is 524 g/mol. The van der Waals surface area contributed by atoms with Crippen molar-refractivity contribution in [2.24, 2.45) is 17.8 Å². The first kappa shape index (κ1) is 31.4. The Morgan fingerprint density at radius 3 is 2.38 bits per heavy atom. The van der Waals surface area contributed by atoms with Gasteiger partial charge < -0.3 is 15.3 Å². The highest BCUT2D eigenvalue weighted by molar-refractivity contribution is 5.89. The van der Waals surface area contributed by atoms with Crippen LogP contribution in [-0.4, -0.2) is 59.3 Å². The van der Waals surface area contributed by atoms with Gasteiger partial charge in [0.1, 0.15) is 5.82 Å². The zero-order valence-electron chi connectivity index (χ0n) is 23.2. The highest BCUT2D eigenvalue weighted by Crippen LogP contribution is 2.58. The highest BCUT2D eigenvalue weighted by atomic mass is 19.4. The number of fused-ring (bicyclic) bond motifs is 1. The van der Waals surface area contributed by atoms with Crippen LogP contribution in [0.5, 0.6) is 0 Å². The molecule has 3 aliphatic rings. The smallest absolute Gasteiger partial charge is 0.392 e. The molecule has 2 aliphatic carbocycles. The first-order valence-corrected chi connectivity index (χ1v) is 13.9. The summed E-state index contributed by atoms with van der Waals surface area (Å²) in [6, 6.07) is 13.3. The van der Waals surface area contributed by atoms with Crippen molar-refractivity contribution in [2.45, 2.75) is 58.4 Å². The number of hydrogen-bond acceptors (Lipinski definition) is 4. The molecule has 0 aromatic heterocycles. The molecule has 2 aromatic carbocycles. The van der Waals surface area contributed by atoms with Crippen molar-refractivity contribution in [3.05, 3.63) is 65.5 Å². The third-order valence-electron chi connectivity index (χ3n) is 7.87. The Morgan fingerprint density at radius 1 is 1.15 bits per heavy atom. The average Bonchev–Trinajstić information content (AvgIpc) is 3.24. The molecule has 6 nitrogen and oxygen atoms in total. The number of hydrogen-bond donors (Lipinski definition) is 2. The zero-order chi connectivity index (χ0) is 29.4. The molecule has 1 saturated heterocycles. The van der Waals surface area contributed by atoms with Crippen molar-refractivity contribution in [1.82, 2.24) is 9.80 Å². The predicted octanol–water partition coefficient (Wildman–Crippen LogP) is 6.37. The minimum absolute atomic E-state index is 0.0556. The molecule has 1 heterocycles. The van der Waals surface area contributed by atoms with Crippen LogP contribution in [0.25, 0.3) is 0 Å². The summed E-state index contributed by atoms with van der Waals surface area (Å²) in [5, 5.41) is 20.6. The van der Waals surface area contributed by atoms with E-state index in [9.17, 15) is 27.5 Å². The molecule has 2 N–H and O–H groups in total. The van der Waals surface area contributed by atoms with Crippen LogP contribution in [0.3, 0.4) is 0 Å². The van der Waals surface area contributed by atoms with Crippen LogP contribution in [0.4, 0.5) is 28.0 Å². The molecule has 3 fully saturated rings. The van der Waals surface area contributed by atoms with Crippen molar-refractivity contribution in [3.8, 4) is 6.07 Å². The second kappa shape index (κ2) is 14.0. The molecule has 10 heteroatoms. The van der Waals surface area contributed by atoms with Crippen molar-refractivity contribution in [3.63, 3.8) is 0 Å². The molecule has 0 spiro atoms. The number of halogens is 4. The summed E-state index contributed by atoms with van der Waals surface area (Å²) in [7, 11) is 0. The lowest BCUT2D eigenvalue weighted by molar-refractivity contribution is -0.139. The van der Waals surface area contributed by atoms with Crippen LogP contribution in [0, 0.1) is 34.9 Å². The van der Waals surface area contributed by atoms with Gasteiger partial charge >= 0.3 is 12.2 Å². The summed E-state index contributed by atoms with van der Waals surface area (Å²) in [5.41, 5.74) is -0.754. The van der Waals surface area contributed by atoms with Crippen molar-refractivity contribution in [2.75, 3.05) is 31.5 Å². The second-order valence-corrected chi connectivity index (χ2v) is 10.3. The van der Waals surface area contributed by atoms with Gasteiger partial charge in [0.15, 0.2) is 0 Å². The van der Waals surface area contributed by atoms with Gasteiger partial charge in [-0.05, 0) is 67.3 Å². The number of carbonyl (C=O) groups excluding carboxylic acids is 1. The summed E-state index contributed by atoms with van der Waals surface area (Å²) in [5.74, 6) is 0.228. The molecule has 218 valence electrons. The Hall–Kier alpha value is -3.16. The fourth-order valence-electron chi connectivity index (χ4n) is 5.80. The van der Waals surface area contributed by atoms with E-state index >= 15 is 0 Å². The van der Waals surface area contributed by atoms with Crippen LogP contribution >= 0.6 is 0 Å². The van der Waals surface area contributed by atoms with Crippen LogP contribution < -0.4 is 5.32 Å². The van der Waals surface area contributed by atoms with Gasteiger partial charge in [0, 0.05) is 37.9 Å². The number of rotatable bonds is 5. The average molecular weight is 563 g/mol. The maximum atomic E-state index is 13.6. The fraction of sp³-hybridized carbons (Fsp3) is 0.533. The fourth-order valence-corrected chi connectivity index (χ4v) is 5.80. The van der Waals surface area contributed by atoms with Gasteiger partial charge in [-0.2, -0.15) is 18.4 Å². The molecule has 2 aromatic rings. The Morgan fingerprint density at radius 2 is 1.85 bits per heavy atom. The molecule has 40 heavy (non-hydrogen) atoms. The number of benzene rings is 2. The minimum Gasteiger partial charge on any atom is -0.392 e. The molecule has 1 aliphatic heterocycles. The van der Waals surface area contributed by atoms with Gasteiger partial charge in [0.05, 0.1) is 23.3 Å². The lowest BCUT2D eigenvalue weighted by Crippen LogP contribution is -2.47. The van der Waals surface area contributed by atoms with E-state index in [1.807, 2.05) is 38.1 Å². The topological polar surface area (TPSA) is 79.6 Å². The minimum atomic E-state index is -4.83. The largest absolute Gasteiger partial charge is 0.419 e. The van der Waals surface area contributed by atoms with E-state index in [0.29, 0.717) is 55.4 Å². The molecule has 5 atom stereocenters. The lowest BCUT2D eigenvalue weighted by Gasteiger charge is -2.32. The Balaban J connectivity index is 0.000000376. The molecule has 2 saturated carbocycles. The monoisotopic (exact) mass is 562 g/mol. The van der Waals surface area contributed by atoms with Gasteiger partial charge in [-0.1, -0.05) is 39.0 Å². The van der Waals surface area contributed by atoms with Crippen LogP contribution in [0.15, 0.2) is 48.5 Å². The van der Waals surface area contributed by atoms with E-state index in [-0.39, 0.29) is 17.8 Å². The summed E-state index contributed by atoms with van der Waals surface area (Å²) in [6.07, 6.45) is -2.55. The summed E-state index contributed by atoms with van der Waals surface area (Å²) in [6.45, 7) is 8.53. The first-order valence-electron chi connectivity index (χ1n) is 13.9. The molecule has 5 unspecified atom stereocenters. The van der Waals surface area contributed by atoms with Gasteiger partial charge in [0.2, 0.25) is 0 Å². The Bertz CT molecular complexity index is 1150. The maximum absolute atomic E-state index is 13.6. The van der Waals surface area contributed by atoms with Crippen molar-refractivity contribution >= 4 is 11.7 Å². The first-order chi connectivity index (χ1) is 19.1. The predicted molar refractivity (Wildman–Crippen MR) is 146 cm³/mol. The number of aliphatic hydroxyl groups is 1. The quantitative estimate of drug-likeness (QED) is 0.415. The number of nitriles is 1. The molecule has 0 bridgehead atoms. The number of β-amino-alcohol motifs (C(OH)–C–C–N with tert-alkyl or cyclic N) is 1. The number of likely N-dealkylation sites (tertiary alicyclic amines) is 1. The van der Waals surface area contributed by atoms with Crippen LogP contribution in [-0.2, 0) is 6.18 Å². The molecule has 2 amide bonds. The Kier molecular flexibility index (Phi) is 10.9. The number of alkyl halides is 3. The van der Waals surface area contributed by atoms with E-state index in [2.05, 4.69) is 17.1 Å². The van der Waals surface area contributed by atoms with Crippen LogP contribution in [0.1, 0.15) is 51.2 Å². The normalized spacial score (nSPS) is 24.9. The van der Waals surface area contributed by atoms with Crippen molar-refractivity contribution in [1.29, 1.82) is 5.26 Å². The standard InChI is InChI=1S/C21H27F4N3O2.C7H5N.C2H6/c1-12-15-3-5-18(19(12)15)28(9-8-27-7-6-14(29)11-27)20(30)26-13-2-4-17(22)16(10-13)21(23,24)25;8-6-7-4-2-1-3-5-7;1-2/h2,4,10,12,14-15,18-19,29H,3,5-9,11H2,1H3,(H,26,30);1-5H;1-2H3. The summed E-state index contributed by atoms with van der Waals surface area (Å²) < 4.78 is 52.6. The number of urea groups is 1. The number of nitrogens with one attached hydrogen (secondary N) is 1. The highest BCUT2D eigenvalue weighted by Gasteiger charge is 2.57. The number of aliphatic hydroxyl groups excluding tert-OH is 1. The van der Waals surface area contributed by atoms with Crippen molar-refractivity contribution < 1.29 is 27.5 Å². The summed E-state index contributed by atoms with van der Waals surface area (Å²) >= 11 is 0. The van der Waals surface area contributed by atoms with E-state index in [1.165, 1.54) is 0 Å². The number of amides is 2.